The van der Waals surface area contributed by atoms with Crippen molar-refractivity contribution in [2.45, 2.75) is 143 Å². The summed E-state index contributed by atoms with van der Waals surface area (Å²) in [4.78, 5) is 5.24. The number of furan rings is 1. The summed E-state index contributed by atoms with van der Waals surface area (Å²) in [6.07, 6.45) is 6.67. The monoisotopic (exact) mass is 867 g/mol. The largest absolute Gasteiger partial charge is 0.460 e. The molecule has 11 rings (SSSR count). The molecular weight excluding hydrogens is 800 g/mol. The van der Waals surface area contributed by atoms with Gasteiger partial charge in [0, 0.05) is 51.5 Å². The van der Waals surface area contributed by atoms with E-state index in [-0.39, 0.29) is 33.8 Å². The third kappa shape index (κ3) is 6.67. The molecule has 0 N–H and O–H groups in total. The predicted molar refractivity (Wildman–Crippen MR) is 283 cm³/mol. The van der Waals surface area contributed by atoms with Crippen molar-refractivity contribution in [2.75, 3.05) is 9.80 Å². The lowest BCUT2D eigenvalue weighted by Crippen LogP contribution is -2.62. The Morgan fingerprint density at radius 3 is 1.70 bits per heavy atom. The highest BCUT2D eigenvalue weighted by atomic mass is 16.3. The molecule has 0 spiro atoms. The molecule has 2 aliphatic heterocycles. The quantitative estimate of drug-likeness (QED) is 0.165. The number of rotatable bonds is 3. The van der Waals surface area contributed by atoms with Crippen molar-refractivity contribution in [1.82, 2.24) is 0 Å². The molecule has 4 aliphatic rings. The van der Waals surface area contributed by atoms with Gasteiger partial charge in [-0.15, -0.1) is 0 Å². The molecule has 0 saturated heterocycles. The number of fused-ring (bicyclic) bond motifs is 8. The number of allylic oxidation sites excluding steroid dienone is 1. The highest BCUT2D eigenvalue weighted by Crippen LogP contribution is 2.51. The van der Waals surface area contributed by atoms with Crippen LogP contribution in [0.2, 0.25) is 0 Å². The lowest BCUT2D eigenvalue weighted by Gasteiger charge is -2.48. The zero-order valence-corrected chi connectivity index (χ0v) is 41.8. The molecule has 0 fully saturated rings. The van der Waals surface area contributed by atoms with Gasteiger partial charge in [-0.25, -0.2) is 0 Å². The summed E-state index contributed by atoms with van der Waals surface area (Å²) in [7, 11) is 0. The molecule has 4 heteroatoms. The Balaban J connectivity index is 1.20. The molecule has 0 atom stereocenters. The predicted octanol–water partition coefficient (Wildman–Crippen LogP) is 15.1. The highest BCUT2D eigenvalue weighted by Gasteiger charge is 2.47. The van der Waals surface area contributed by atoms with E-state index >= 15 is 0 Å². The van der Waals surface area contributed by atoms with Gasteiger partial charge in [-0.3, -0.25) is 0 Å². The maximum Gasteiger partial charge on any atom is 0.252 e. The molecular formula is C62H67BN2O. The fourth-order valence-electron chi connectivity index (χ4n) is 11.7. The number of hydrogen-bond donors (Lipinski definition) is 0. The number of para-hydroxylation sites is 1. The van der Waals surface area contributed by atoms with Crippen LogP contribution in [0.5, 0.6) is 0 Å². The summed E-state index contributed by atoms with van der Waals surface area (Å²) in [6, 6.07) is 45.2. The number of benzene rings is 6. The first-order valence-electron chi connectivity index (χ1n) is 24.6. The number of hydrogen-bond acceptors (Lipinski definition) is 3. The topological polar surface area (TPSA) is 19.6 Å². The van der Waals surface area contributed by atoms with Crippen LogP contribution in [0.3, 0.4) is 0 Å². The summed E-state index contributed by atoms with van der Waals surface area (Å²) in [6.45, 7) is 31.1. The maximum atomic E-state index is 6.45. The smallest absolute Gasteiger partial charge is 0.252 e. The van der Waals surface area contributed by atoms with E-state index in [1.165, 1.54) is 113 Å². The fourth-order valence-corrected chi connectivity index (χ4v) is 11.7. The van der Waals surface area contributed by atoms with Crippen LogP contribution in [0.1, 0.15) is 154 Å². The molecule has 1 aromatic heterocycles. The van der Waals surface area contributed by atoms with E-state index in [2.05, 4.69) is 221 Å². The Morgan fingerprint density at radius 2 is 1.08 bits per heavy atom. The fraction of sp³-hybridized carbons (Fsp3) is 0.355. The van der Waals surface area contributed by atoms with Gasteiger partial charge in [0.15, 0.2) is 0 Å². The van der Waals surface area contributed by atoms with Crippen LogP contribution in [0.15, 0.2) is 126 Å². The lowest BCUT2D eigenvalue weighted by atomic mass is 9.32. The normalized spacial score (nSPS) is 17.2. The van der Waals surface area contributed by atoms with Crippen LogP contribution < -0.4 is 26.2 Å². The van der Waals surface area contributed by atoms with Crippen LogP contribution in [0, 0.1) is 0 Å². The zero-order chi connectivity index (χ0) is 46.5. The third-order valence-corrected chi connectivity index (χ3v) is 15.9. The van der Waals surface area contributed by atoms with Gasteiger partial charge in [0.25, 0.3) is 6.71 Å². The van der Waals surface area contributed by atoms with Crippen molar-refractivity contribution < 1.29 is 4.42 Å². The summed E-state index contributed by atoms with van der Waals surface area (Å²) in [5.74, 6) is 1.10. The Kier molecular flexibility index (Phi) is 9.34. The molecule has 6 aromatic carbocycles. The second kappa shape index (κ2) is 14.4. The summed E-state index contributed by atoms with van der Waals surface area (Å²) in [5, 5.41) is 1.20. The Labute approximate surface area is 395 Å². The molecule has 334 valence electrons. The van der Waals surface area contributed by atoms with Crippen LogP contribution in [-0.4, -0.2) is 6.71 Å². The summed E-state index contributed by atoms with van der Waals surface area (Å²) >= 11 is 0. The van der Waals surface area contributed by atoms with Gasteiger partial charge in [0.05, 0.1) is 0 Å². The lowest BCUT2D eigenvalue weighted by molar-refractivity contribution is 0.332. The maximum absolute atomic E-state index is 6.45. The number of anilines is 6. The van der Waals surface area contributed by atoms with Gasteiger partial charge in [-0.1, -0.05) is 157 Å². The molecule has 66 heavy (non-hydrogen) atoms. The van der Waals surface area contributed by atoms with Crippen molar-refractivity contribution in [1.29, 1.82) is 0 Å². The average Bonchev–Trinajstić information content (AvgIpc) is 3.65. The first-order valence-corrected chi connectivity index (χ1v) is 24.6. The van der Waals surface area contributed by atoms with Crippen molar-refractivity contribution >= 4 is 73.8 Å². The van der Waals surface area contributed by atoms with E-state index in [0.717, 1.165) is 24.2 Å². The molecule has 0 bridgehead atoms. The Hall–Kier alpha value is -5.74. The average molecular weight is 867 g/mol. The molecule has 0 radical (unpaired) electrons. The van der Waals surface area contributed by atoms with Gasteiger partial charge >= 0.3 is 0 Å². The SMILES string of the molecule is CC(C)(C)c1ccc(N2c3ccc(C(C)(C)C)cc3B3c4cc5c(cc4N(c4ccc(C6=CCCc7oc8ccccc8c76)cc4)c4cc(C(C)(C)C)cc2c43)C(C)(C)CCC5(C)C)cc1. The zero-order valence-electron chi connectivity index (χ0n) is 41.8. The molecule has 3 heterocycles. The van der Waals surface area contributed by atoms with Crippen LogP contribution in [0.4, 0.5) is 34.1 Å². The van der Waals surface area contributed by atoms with Crippen LogP contribution >= 0.6 is 0 Å². The minimum absolute atomic E-state index is 0.0160. The Bertz CT molecular complexity index is 3140. The van der Waals surface area contributed by atoms with E-state index in [0.29, 0.717) is 0 Å². The summed E-state index contributed by atoms with van der Waals surface area (Å²) in [5.41, 5.74) is 23.5. The van der Waals surface area contributed by atoms with E-state index in [9.17, 15) is 0 Å². The molecule has 3 nitrogen and oxygen atoms in total. The standard InChI is InChI=1S/C62H67BN2O/c1-58(2,3)39-23-28-43(29-24-39)64-50-30-25-40(59(4,5)6)33-48(50)63-49-36-46-47(62(12,13)32-31-61(46,10)11)37-51(49)65(53-35-41(60(7,8)9)34-52(64)57(53)63)42-26-21-38(22-27-42)44-18-16-20-55-56(44)45-17-14-15-19-54(45)66-55/h14-15,17-19,21-30,33-37H,16,20,31-32H2,1-13H3. The van der Waals surface area contributed by atoms with Gasteiger partial charge in [-0.2, -0.15) is 0 Å². The van der Waals surface area contributed by atoms with Crippen molar-refractivity contribution in [2.24, 2.45) is 0 Å². The second-order valence-electron chi connectivity index (χ2n) is 24.4. The van der Waals surface area contributed by atoms with Gasteiger partial charge in [0.2, 0.25) is 0 Å². The van der Waals surface area contributed by atoms with E-state index in [4.69, 9.17) is 4.42 Å². The molecule has 0 unspecified atom stereocenters. The Morgan fingerprint density at radius 1 is 0.530 bits per heavy atom. The van der Waals surface area contributed by atoms with E-state index in [1.807, 2.05) is 0 Å². The first-order chi connectivity index (χ1) is 31.1. The van der Waals surface area contributed by atoms with Gasteiger partial charge in [0.1, 0.15) is 11.3 Å². The molecule has 0 amide bonds. The molecule has 2 aliphatic carbocycles. The summed E-state index contributed by atoms with van der Waals surface area (Å²) < 4.78 is 6.45. The van der Waals surface area contributed by atoms with E-state index < -0.39 is 0 Å². The minimum atomic E-state index is -0.102. The number of nitrogens with zero attached hydrogens (tertiary/aromatic N) is 2. The minimum Gasteiger partial charge on any atom is -0.460 e. The third-order valence-electron chi connectivity index (χ3n) is 15.9. The van der Waals surface area contributed by atoms with Crippen molar-refractivity contribution in [3.05, 3.63) is 166 Å². The second-order valence-corrected chi connectivity index (χ2v) is 24.4. The van der Waals surface area contributed by atoms with E-state index in [1.54, 1.807) is 0 Å². The van der Waals surface area contributed by atoms with Gasteiger partial charge < -0.3 is 14.2 Å². The van der Waals surface area contributed by atoms with Gasteiger partial charge in [-0.05, 0) is 156 Å². The van der Waals surface area contributed by atoms with Crippen molar-refractivity contribution in [3.63, 3.8) is 0 Å². The molecule has 7 aromatic rings. The molecule has 0 saturated carbocycles. The van der Waals surface area contributed by atoms with Crippen molar-refractivity contribution in [3.8, 4) is 0 Å². The van der Waals surface area contributed by atoms with Crippen LogP contribution in [-0.2, 0) is 33.5 Å². The first kappa shape index (κ1) is 42.9. The highest BCUT2D eigenvalue weighted by molar-refractivity contribution is 7.00. The van der Waals surface area contributed by atoms with Crippen LogP contribution in [0.25, 0.3) is 16.5 Å². The number of aryl methyl sites for hydroxylation is 1.